The van der Waals surface area contributed by atoms with Gasteiger partial charge in [0.1, 0.15) is 0 Å². The number of carbonyl (C=O) groups excluding carboxylic acids is 1. The lowest BCUT2D eigenvalue weighted by molar-refractivity contribution is -0.384. The quantitative estimate of drug-likeness (QED) is 0.373. The van der Waals surface area contributed by atoms with Crippen molar-refractivity contribution in [1.29, 1.82) is 0 Å². The zero-order valence-corrected chi connectivity index (χ0v) is 15.5. The molecular formula is C19H15Cl2N3O3. The largest absolute Gasteiger partial charge is 0.399 e. The van der Waals surface area contributed by atoms with Crippen LogP contribution in [0, 0.1) is 10.1 Å². The van der Waals surface area contributed by atoms with Crippen molar-refractivity contribution in [2.45, 2.75) is 0 Å². The van der Waals surface area contributed by atoms with Gasteiger partial charge < -0.3 is 11.5 Å². The molecule has 0 saturated carbocycles. The van der Waals surface area contributed by atoms with Crippen LogP contribution in [0.5, 0.6) is 0 Å². The molecule has 3 aromatic rings. The summed E-state index contributed by atoms with van der Waals surface area (Å²) in [5.74, 6) is -0.816. The van der Waals surface area contributed by atoms with Crippen LogP contribution < -0.4 is 11.5 Å². The second-order valence-electron chi connectivity index (χ2n) is 5.67. The van der Waals surface area contributed by atoms with Crippen molar-refractivity contribution in [2.75, 3.05) is 5.73 Å². The topological polar surface area (TPSA) is 112 Å². The van der Waals surface area contributed by atoms with Gasteiger partial charge in [0.25, 0.3) is 5.69 Å². The van der Waals surface area contributed by atoms with Crippen LogP contribution in [0.15, 0.2) is 60.7 Å². The van der Waals surface area contributed by atoms with Gasteiger partial charge in [-0.3, -0.25) is 14.9 Å². The fourth-order valence-corrected chi connectivity index (χ4v) is 2.91. The van der Waals surface area contributed by atoms with Gasteiger partial charge in [-0.25, -0.2) is 0 Å². The molecule has 3 rings (SSSR count). The van der Waals surface area contributed by atoms with Crippen LogP contribution >= 0.6 is 24.0 Å². The third-order valence-electron chi connectivity index (χ3n) is 3.99. The highest BCUT2D eigenvalue weighted by atomic mass is 35.5. The molecular weight excluding hydrogens is 389 g/mol. The first-order valence-electron chi connectivity index (χ1n) is 7.61. The maximum Gasteiger partial charge on any atom is 0.278 e. The number of carbonyl (C=O) groups is 1. The zero-order valence-electron chi connectivity index (χ0n) is 13.9. The van der Waals surface area contributed by atoms with Crippen LogP contribution in [-0.2, 0) is 0 Å². The van der Waals surface area contributed by atoms with Crippen LogP contribution in [0.4, 0.5) is 11.4 Å². The SMILES string of the molecule is Cl.NC(=O)c1cc([N+](=O)[O-])c(-c2ccc(-c3ccc(N)cc3)cc2)cc1Cl. The lowest BCUT2D eigenvalue weighted by atomic mass is 9.98. The Labute approximate surface area is 166 Å². The number of anilines is 1. The average Bonchev–Trinajstić information content (AvgIpc) is 2.61. The maximum absolute atomic E-state index is 11.4. The van der Waals surface area contributed by atoms with E-state index in [9.17, 15) is 14.9 Å². The zero-order chi connectivity index (χ0) is 18.8. The van der Waals surface area contributed by atoms with Crippen molar-refractivity contribution in [3.8, 4) is 22.3 Å². The Balaban J connectivity index is 0.00000261. The number of primary amides is 1. The highest BCUT2D eigenvalue weighted by Crippen LogP contribution is 2.35. The minimum atomic E-state index is -0.816. The van der Waals surface area contributed by atoms with Gasteiger partial charge in [0.15, 0.2) is 0 Å². The maximum atomic E-state index is 11.4. The number of nitro benzene ring substituents is 1. The molecule has 0 aromatic heterocycles. The summed E-state index contributed by atoms with van der Waals surface area (Å²) in [4.78, 5) is 22.2. The number of benzene rings is 3. The third kappa shape index (κ3) is 4.19. The Morgan fingerprint density at radius 1 is 0.926 bits per heavy atom. The smallest absolute Gasteiger partial charge is 0.278 e. The minimum Gasteiger partial charge on any atom is -0.399 e. The van der Waals surface area contributed by atoms with E-state index in [2.05, 4.69) is 0 Å². The number of halogens is 2. The summed E-state index contributed by atoms with van der Waals surface area (Å²) in [7, 11) is 0. The normalized spacial score (nSPS) is 10.1. The van der Waals surface area contributed by atoms with E-state index in [0.29, 0.717) is 16.8 Å². The van der Waals surface area contributed by atoms with Gasteiger partial charge in [-0.2, -0.15) is 0 Å². The number of rotatable bonds is 4. The van der Waals surface area contributed by atoms with E-state index in [4.69, 9.17) is 23.1 Å². The summed E-state index contributed by atoms with van der Waals surface area (Å²) in [5.41, 5.74) is 14.1. The second kappa shape index (κ2) is 8.07. The third-order valence-corrected chi connectivity index (χ3v) is 4.30. The highest BCUT2D eigenvalue weighted by Gasteiger charge is 2.21. The lowest BCUT2D eigenvalue weighted by Gasteiger charge is -2.08. The predicted octanol–water partition coefficient (Wildman–Crippen LogP) is 4.69. The van der Waals surface area contributed by atoms with Crippen molar-refractivity contribution >= 4 is 41.3 Å². The summed E-state index contributed by atoms with van der Waals surface area (Å²) in [6.07, 6.45) is 0. The highest BCUT2D eigenvalue weighted by molar-refractivity contribution is 6.34. The number of nitrogen functional groups attached to an aromatic ring is 1. The molecule has 0 saturated heterocycles. The molecule has 3 aromatic carbocycles. The summed E-state index contributed by atoms with van der Waals surface area (Å²) in [6, 6.07) is 17.1. The van der Waals surface area contributed by atoms with E-state index in [1.165, 1.54) is 6.07 Å². The van der Waals surface area contributed by atoms with Crippen molar-refractivity contribution < 1.29 is 9.72 Å². The molecule has 0 radical (unpaired) electrons. The molecule has 4 N–H and O–H groups in total. The average molecular weight is 404 g/mol. The molecule has 27 heavy (non-hydrogen) atoms. The molecule has 0 unspecified atom stereocenters. The van der Waals surface area contributed by atoms with Crippen molar-refractivity contribution in [3.05, 3.63) is 81.4 Å². The first kappa shape index (κ1) is 20.2. The molecule has 0 bridgehead atoms. The molecule has 0 fully saturated rings. The van der Waals surface area contributed by atoms with Crippen LogP contribution in [0.25, 0.3) is 22.3 Å². The van der Waals surface area contributed by atoms with Gasteiger partial charge in [0.05, 0.1) is 21.1 Å². The molecule has 0 atom stereocenters. The fraction of sp³-hybridized carbons (Fsp3) is 0. The Hall–Kier alpha value is -3.09. The Kier molecular flexibility index (Phi) is 6.05. The van der Waals surface area contributed by atoms with Gasteiger partial charge in [0, 0.05) is 11.8 Å². The van der Waals surface area contributed by atoms with Crippen LogP contribution in [0.1, 0.15) is 10.4 Å². The standard InChI is InChI=1S/C19H14ClN3O3.ClH/c20-17-9-15(18(23(25)26)10-16(17)19(22)24)13-3-1-11(2-4-13)12-5-7-14(21)8-6-12;/h1-10H,21H2,(H2,22,24);1H. The van der Waals surface area contributed by atoms with E-state index < -0.39 is 10.8 Å². The molecule has 0 aliphatic carbocycles. The van der Waals surface area contributed by atoms with Gasteiger partial charge in [-0.05, 0) is 34.9 Å². The van der Waals surface area contributed by atoms with E-state index in [1.807, 2.05) is 24.3 Å². The van der Waals surface area contributed by atoms with Crippen LogP contribution in [0.3, 0.4) is 0 Å². The first-order valence-corrected chi connectivity index (χ1v) is 7.98. The summed E-state index contributed by atoms with van der Waals surface area (Å²) < 4.78 is 0. The summed E-state index contributed by atoms with van der Waals surface area (Å²) >= 11 is 6.06. The molecule has 0 aliphatic heterocycles. The molecule has 0 aliphatic rings. The summed E-state index contributed by atoms with van der Waals surface area (Å²) in [5, 5.41) is 11.5. The number of hydrogen-bond donors (Lipinski definition) is 2. The molecule has 0 spiro atoms. The Morgan fingerprint density at radius 2 is 1.41 bits per heavy atom. The van der Waals surface area contributed by atoms with Gasteiger partial charge in [0.2, 0.25) is 5.91 Å². The molecule has 138 valence electrons. The minimum absolute atomic E-state index is 0. The van der Waals surface area contributed by atoms with E-state index in [1.54, 1.807) is 24.3 Å². The predicted molar refractivity (Wildman–Crippen MR) is 109 cm³/mol. The molecule has 8 heteroatoms. The molecule has 6 nitrogen and oxygen atoms in total. The van der Waals surface area contributed by atoms with Gasteiger partial charge in [-0.1, -0.05) is 48.0 Å². The van der Waals surface area contributed by atoms with Crippen molar-refractivity contribution in [2.24, 2.45) is 5.73 Å². The van der Waals surface area contributed by atoms with Gasteiger partial charge >= 0.3 is 0 Å². The lowest BCUT2D eigenvalue weighted by Crippen LogP contribution is -2.12. The number of amides is 1. The monoisotopic (exact) mass is 403 g/mol. The van der Waals surface area contributed by atoms with E-state index in [0.717, 1.165) is 17.2 Å². The Morgan fingerprint density at radius 3 is 1.89 bits per heavy atom. The molecule has 1 amide bonds. The first-order chi connectivity index (χ1) is 12.4. The number of nitrogens with two attached hydrogens (primary N) is 2. The Bertz CT molecular complexity index is 1000. The number of hydrogen-bond acceptors (Lipinski definition) is 4. The number of nitrogens with zero attached hydrogens (tertiary/aromatic N) is 1. The van der Waals surface area contributed by atoms with Crippen LogP contribution in [-0.4, -0.2) is 10.8 Å². The van der Waals surface area contributed by atoms with E-state index in [-0.39, 0.29) is 28.7 Å². The second-order valence-corrected chi connectivity index (χ2v) is 6.08. The fourth-order valence-electron chi connectivity index (χ4n) is 2.65. The van der Waals surface area contributed by atoms with Crippen molar-refractivity contribution in [3.63, 3.8) is 0 Å². The van der Waals surface area contributed by atoms with E-state index >= 15 is 0 Å². The van der Waals surface area contributed by atoms with Crippen molar-refractivity contribution in [1.82, 2.24) is 0 Å². The van der Waals surface area contributed by atoms with Gasteiger partial charge in [-0.15, -0.1) is 12.4 Å². The summed E-state index contributed by atoms with van der Waals surface area (Å²) in [6.45, 7) is 0. The molecule has 0 heterocycles. The van der Waals surface area contributed by atoms with Crippen LogP contribution in [0.2, 0.25) is 5.02 Å². The number of nitro groups is 1.